The van der Waals surface area contributed by atoms with Crippen LogP contribution in [-0.4, -0.2) is 9.78 Å². The van der Waals surface area contributed by atoms with E-state index >= 15 is 0 Å². The van der Waals surface area contributed by atoms with Gasteiger partial charge in [0.1, 0.15) is 6.07 Å². The van der Waals surface area contributed by atoms with Gasteiger partial charge in [-0.15, -0.1) is 0 Å². The van der Waals surface area contributed by atoms with Gasteiger partial charge < -0.3 is 0 Å². The number of nitriles is 1. The van der Waals surface area contributed by atoms with Gasteiger partial charge in [0.15, 0.2) is 5.69 Å². The molecule has 0 atom stereocenters. The fraction of sp³-hybridized carbons (Fsp3) is 0.111. The van der Waals surface area contributed by atoms with Crippen molar-refractivity contribution in [1.29, 1.82) is 5.26 Å². The minimum Gasteiger partial charge on any atom is -0.267 e. The van der Waals surface area contributed by atoms with Crippen molar-refractivity contribution in [3.8, 4) is 6.07 Å². The monoisotopic (exact) mass is 235 g/mol. The van der Waals surface area contributed by atoms with Gasteiger partial charge in [0.2, 0.25) is 0 Å². The van der Waals surface area contributed by atoms with E-state index < -0.39 is 0 Å². The molecule has 0 aliphatic rings. The van der Waals surface area contributed by atoms with Gasteiger partial charge in [-0.25, -0.2) is 0 Å². The van der Waals surface area contributed by atoms with E-state index in [0.717, 1.165) is 15.4 Å². The summed E-state index contributed by atoms with van der Waals surface area (Å²) in [6.07, 6.45) is 0. The van der Waals surface area contributed by atoms with E-state index in [1.807, 2.05) is 25.2 Å². The van der Waals surface area contributed by atoms with Crippen LogP contribution in [0.5, 0.6) is 0 Å². The van der Waals surface area contributed by atoms with E-state index in [-0.39, 0.29) is 0 Å². The molecule has 1 heterocycles. The second-order valence-corrected chi connectivity index (χ2v) is 3.57. The molecule has 0 unspecified atom stereocenters. The number of hydrogen-bond donors (Lipinski definition) is 0. The van der Waals surface area contributed by atoms with Crippen LogP contribution in [0.2, 0.25) is 0 Å². The first-order valence-corrected chi connectivity index (χ1v) is 4.54. The van der Waals surface area contributed by atoms with E-state index in [4.69, 9.17) is 5.26 Å². The average molecular weight is 236 g/mol. The Labute approximate surface area is 83.7 Å². The first-order valence-electron chi connectivity index (χ1n) is 3.75. The number of rotatable bonds is 0. The fourth-order valence-corrected chi connectivity index (χ4v) is 1.89. The summed E-state index contributed by atoms with van der Waals surface area (Å²) in [5.41, 5.74) is 1.43. The summed E-state index contributed by atoms with van der Waals surface area (Å²) in [6.45, 7) is 0. The molecule has 0 bridgehead atoms. The van der Waals surface area contributed by atoms with Crippen molar-refractivity contribution in [3.63, 3.8) is 0 Å². The highest BCUT2D eigenvalue weighted by atomic mass is 79.9. The molecule has 0 saturated heterocycles. The smallest absolute Gasteiger partial charge is 0.171 e. The van der Waals surface area contributed by atoms with Crippen LogP contribution in [0.1, 0.15) is 5.69 Å². The van der Waals surface area contributed by atoms with Crippen LogP contribution in [-0.2, 0) is 7.05 Å². The minimum atomic E-state index is 0.463. The maximum atomic E-state index is 8.83. The first kappa shape index (κ1) is 8.27. The second-order valence-electron chi connectivity index (χ2n) is 2.72. The third-order valence-corrected chi connectivity index (χ3v) is 2.59. The Morgan fingerprint density at radius 1 is 1.54 bits per heavy atom. The van der Waals surface area contributed by atoms with Gasteiger partial charge >= 0.3 is 0 Å². The van der Waals surface area contributed by atoms with Crippen LogP contribution in [0.4, 0.5) is 0 Å². The van der Waals surface area contributed by atoms with Crippen LogP contribution < -0.4 is 0 Å². The summed E-state index contributed by atoms with van der Waals surface area (Å²) in [7, 11) is 1.83. The molecule has 1 aromatic carbocycles. The van der Waals surface area contributed by atoms with E-state index in [9.17, 15) is 0 Å². The summed E-state index contributed by atoms with van der Waals surface area (Å²) in [4.78, 5) is 0. The Morgan fingerprint density at radius 3 is 3.00 bits per heavy atom. The molecule has 3 nitrogen and oxygen atoms in total. The van der Waals surface area contributed by atoms with Crippen LogP contribution in [0.3, 0.4) is 0 Å². The number of benzene rings is 1. The number of nitrogens with zero attached hydrogens (tertiary/aromatic N) is 3. The lowest BCUT2D eigenvalue weighted by Gasteiger charge is -1.93. The molecule has 0 saturated carbocycles. The maximum Gasteiger partial charge on any atom is 0.171 e. The minimum absolute atomic E-state index is 0.463. The number of hydrogen-bond acceptors (Lipinski definition) is 2. The Bertz CT molecular complexity index is 507. The topological polar surface area (TPSA) is 41.6 Å². The van der Waals surface area contributed by atoms with Crippen LogP contribution in [0.25, 0.3) is 10.9 Å². The summed E-state index contributed by atoms with van der Waals surface area (Å²) in [5, 5.41) is 13.8. The molecule has 0 radical (unpaired) electrons. The van der Waals surface area contributed by atoms with Crippen molar-refractivity contribution in [2.75, 3.05) is 0 Å². The van der Waals surface area contributed by atoms with E-state index in [1.54, 1.807) is 4.68 Å². The standard InChI is InChI=1S/C9H6BrN3/c1-13-8-4-2-3-6(10)9(8)7(5-11)12-13/h2-4H,1H3. The van der Waals surface area contributed by atoms with Crippen molar-refractivity contribution < 1.29 is 0 Å². The molecular weight excluding hydrogens is 230 g/mol. The molecule has 0 N–H and O–H groups in total. The summed E-state index contributed by atoms with van der Waals surface area (Å²) >= 11 is 3.40. The van der Waals surface area contributed by atoms with Crippen LogP contribution >= 0.6 is 15.9 Å². The van der Waals surface area contributed by atoms with Gasteiger partial charge in [-0.2, -0.15) is 10.4 Å². The van der Waals surface area contributed by atoms with E-state index in [2.05, 4.69) is 27.1 Å². The van der Waals surface area contributed by atoms with Crippen molar-refractivity contribution in [1.82, 2.24) is 9.78 Å². The van der Waals surface area contributed by atoms with E-state index in [0.29, 0.717) is 5.69 Å². The Morgan fingerprint density at radius 2 is 2.31 bits per heavy atom. The molecule has 4 heteroatoms. The molecule has 0 aliphatic heterocycles. The van der Waals surface area contributed by atoms with Gasteiger partial charge in [0.05, 0.1) is 10.9 Å². The average Bonchev–Trinajstić information content (AvgIpc) is 2.45. The quantitative estimate of drug-likeness (QED) is 0.703. The fourth-order valence-electron chi connectivity index (χ4n) is 1.35. The first-order chi connectivity index (χ1) is 6.24. The second kappa shape index (κ2) is 2.86. The van der Waals surface area contributed by atoms with Crippen LogP contribution in [0, 0.1) is 11.3 Å². The zero-order valence-corrected chi connectivity index (χ0v) is 8.54. The molecule has 2 rings (SSSR count). The van der Waals surface area contributed by atoms with Gasteiger partial charge in [-0.3, -0.25) is 4.68 Å². The Hall–Kier alpha value is -1.34. The molecule has 13 heavy (non-hydrogen) atoms. The third kappa shape index (κ3) is 1.12. The molecule has 64 valence electrons. The normalized spacial score (nSPS) is 10.2. The zero-order chi connectivity index (χ0) is 9.42. The molecule has 0 spiro atoms. The Kier molecular flexibility index (Phi) is 1.82. The highest BCUT2D eigenvalue weighted by Gasteiger charge is 2.09. The van der Waals surface area contributed by atoms with Crippen molar-refractivity contribution >= 4 is 26.8 Å². The van der Waals surface area contributed by atoms with Gasteiger partial charge in [0.25, 0.3) is 0 Å². The lowest BCUT2D eigenvalue weighted by molar-refractivity contribution is 0.791. The van der Waals surface area contributed by atoms with Gasteiger partial charge in [-0.05, 0) is 28.1 Å². The van der Waals surface area contributed by atoms with Crippen LogP contribution in [0.15, 0.2) is 22.7 Å². The number of aromatic nitrogens is 2. The summed E-state index contributed by atoms with van der Waals surface area (Å²) in [5.74, 6) is 0. The highest BCUT2D eigenvalue weighted by Crippen LogP contribution is 2.25. The van der Waals surface area contributed by atoms with Gasteiger partial charge in [0, 0.05) is 11.5 Å². The van der Waals surface area contributed by atoms with Crippen molar-refractivity contribution in [2.24, 2.45) is 7.05 Å². The van der Waals surface area contributed by atoms with E-state index in [1.165, 1.54) is 0 Å². The van der Waals surface area contributed by atoms with Crippen molar-refractivity contribution in [3.05, 3.63) is 28.4 Å². The van der Waals surface area contributed by atoms with Crippen molar-refractivity contribution in [2.45, 2.75) is 0 Å². The lowest BCUT2D eigenvalue weighted by Crippen LogP contribution is -1.88. The predicted octanol–water partition coefficient (Wildman–Crippen LogP) is 2.21. The SMILES string of the molecule is Cn1nc(C#N)c2c(Br)cccc21. The molecule has 2 aromatic rings. The molecule has 0 amide bonds. The highest BCUT2D eigenvalue weighted by molar-refractivity contribution is 9.10. The summed E-state index contributed by atoms with van der Waals surface area (Å²) in [6, 6.07) is 7.84. The summed E-state index contributed by atoms with van der Waals surface area (Å²) < 4.78 is 2.62. The number of aryl methyl sites for hydroxylation is 1. The third-order valence-electron chi connectivity index (χ3n) is 1.93. The molecule has 0 aliphatic carbocycles. The largest absolute Gasteiger partial charge is 0.267 e. The van der Waals surface area contributed by atoms with Gasteiger partial charge in [-0.1, -0.05) is 6.07 Å². The Balaban J connectivity index is 2.99. The molecule has 1 aromatic heterocycles. The maximum absolute atomic E-state index is 8.83. The molecule has 0 fully saturated rings. The predicted molar refractivity (Wildman–Crippen MR) is 53.1 cm³/mol. The number of halogens is 1. The zero-order valence-electron chi connectivity index (χ0n) is 6.95. The molecular formula is C9H6BrN3. The lowest BCUT2D eigenvalue weighted by atomic mass is 10.2. The number of fused-ring (bicyclic) bond motifs is 1.